The first-order valence-electron chi connectivity index (χ1n) is 6.36. The van der Waals surface area contributed by atoms with Crippen LogP contribution >= 0.6 is 0 Å². The number of aromatic nitrogens is 1. The number of hydrogen-bond donors (Lipinski definition) is 0. The third-order valence-electron chi connectivity index (χ3n) is 3.65. The minimum Gasteiger partial charge on any atom is -0.294 e. The number of pyridine rings is 1. The average Bonchev–Trinajstić information content (AvgIpc) is 2.29. The summed E-state index contributed by atoms with van der Waals surface area (Å²) in [5.74, 6) is 0. The van der Waals surface area contributed by atoms with Gasteiger partial charge in [0.2, 0.25) is 0 Å². The van der Waals surface area contributed by atoms with Crippen molar-refractivity contribution in [2.75, 3.05) is 6.54 Å². The van der Waals surface area contributed by atoms with Crippen LogP contribution in [0.25, 0.3) is 0 Å². The molecule has 0 aromatic carbocycles. The predicted molar refractivity (Wildman–Crippen MR) is 67.4 cm³/mol. The number of aryl methyl sites for hydroxylation is 1. The van der Waals surface area contributed by atoms with Crippen molar-refractivity contribution < 1.29 is 0 Å². The molecule has 2 nitrogen and oxygen atoms in total. The van der Waals surface area contributed by atoms with Crippen molar-refractivity contribution in [2.24, 2.45) is 0 Å². The highest BCUT2D eigenvalue weighted by Crippen LogP contribution is 2.33. The Kier molecular flexibility index (Phi) is 3.59. The third-order valence-corrected chi connectivity index (χ3v) is 3.65. The highest BCUT2D eigenvalue weighted by atomic mass is 15.2. The van der Waals surface area contributed by atoms with Crippen molar-refractivity contribution in [3.05, 3.63) is 29.6 Å². The summed E-state index contributed by atoms with van der Waals surface area (Å²) in [6.07, 6.45) is 7.92. The van der Waals surface area contributed by atoms with Gasteiger partial charge in [0, 0.05) is 24.5 Å². The number of hydrogen-bond acceptors (Lipinski definition) is 2. The standard InChI is InChI=1S/C14H22N2/c1-11(2)16-9-5-4-6-14(16)13-10-15-8-7-12(13)3/h7-8,10-11,14H,4-6,9H2,1-3H3. The molecule has 2 heteroatoms. The third kappa shape index (κ3) is 2.27. The molecule has 0 radical (unpaired) electrons. The highest BCUT2D eigenvalue weighted by molar-refractivity contribution is 5.25. The summed E-state index contributed by atoms with van der Waals surface area (Å²) >= 11 is 0. The van der Waals surface area contributed by atoms with Crippen LogP contribution in [0.3, 0.4) is 0 Å². The van der Waals surface area contributed by atoms with Crippen LogP contribution in [0, 0.1) is 6.92 Å². The van der Waals surface area contributed by atoms with Crippen molar-refractivity contribution in [3.8, 4) is 0 Å². The Morgan fingerprint density at radius 2 is 2.19 bits per heavy atom. The second-order valence-electron chi connectivity index (χ2n) is 5.08. The molecular formula is C14H22N2. The molecule has 1 aromatic heterocycles. The zero-order valence-corrected chi connectivity index (χ0v) is 10.6. The lowest BCUT2D eigenvalue weighted by Crippen LogP contribution is -2.38. The van der Waals surface area contributed by atoms with Crippen LogP contribution in [0.15, 0.2) is 18.5 Å². The van der Waals surface area contributed by atoms with E-state index in [2.05, 4.69) is 42.9 Å². The topological polar surface area (TPSA) is 16.1 Å². The SMILES string of the molecule is Cc1ccncc1C1CCCCN1C(C)C. The Hall–Kier alpha value is -0.890. The van der Waals surface area contributed by atoms with Crippen molar-refractivity contribution in [1.29, 1.82) is 0 Å². The molecule has 2 rings (SSSR count). The molecule has 16 heavy (non-hydrogen) atoms. The maximum atomic E-state index is 4.29. The Bertz CT molecular complexity index is 346. The van der Waals surface area contributed by atoms with E-state index >= 15 is 0 Å². The van der Waals surface area contributed by atoms with E-state index in [4.69, 9.17) is 0 Å². The van der Waals surface area contributed by atoms with E-state index in [1.54, 1.807) is 0 Å². The van der Waals surface area contributed by atoms with Gasteiger partial charge in [-0.25, -0.2) is 0 Å². The molecule has 1 aliphatic heterocycles. The number of rotatable bonds is 2. The van der Waals surface area contributed by atoms with Crippen LogP contribution < -0.4 is 0 Å². The van der Waals surface area contributed by atoms with Gasteiger partial charge in [-0.2, -0.15) is 0 Å². The molecule has 1 atom stereocenters. The van der Waals surface area contributed by atoms with Crippen LogP contribution in [0.1, 0.15) is 50.3 Å². The fourth-order valence-corrected chi connectivity index (χ4v) is 2.73. The first kappa shape index (κ1) is 11.6. The molecule has 1 unspecified atom stereocenters. The van der Waals surface area contributed by atoms with Crippen molar-refractivity contribution in [1.82, 2.24) is 9.88 Å². The molecule has 0 N–H and O–H groups in total. The van der Waals surface area contributed by atoms with Crippen molar-refractivity contribution in [2.45, 2.75) is 52.1 Å². The van der Waals surface area contributed by atoms with Crippen molar-refractivity contribution in [3.63, 3.8) is 0 Å². The summed E-state index contributed by atoms with van der Waals surface area (Å²) in [4.78, 5) is 6.91. The van der Waals surface area contributed by atoms with E-state index in [1.807, 2.05) is 6.20 Å². The summed E-state index contributed by atoms with van der Waals surface area (Å²) in [5, 5.41) is 0. The van der Waals surface area contributed by atoms with Crippen molar-refractivity contribution >= 4 is 0 Å². The number of likely N-dealkylation sites (tertiary alicyclic amines) is 1. The lowest BCUT2D eigenvalue weighted by molar-refractivity contribution is 0.111. The first-order chi connectivity index (χ1) is 7.70. The van der Waals surface area contributed by atoms with Crippen LogP contribution in [0.4, 0.5) is 0 Å². The summed E-state index contributed by atoms with van der Waals surface area (Å²) in [5.41, 5.74) is 2.81. The van der Waals surface area contributed by atoms with E-state index in [0.29, 0.717) is 12.1 Å². The van der Waals surface area contributed by atoms with Gasteiger partial charge >= 0.3 is 0 Å². The van der Waals surface area contributed by atoms with Gasteiger partial charge in [-0.15, -0.1) is 0 Å². The highest BCUT2D eigenvalue weighted by Gasteiger charge is 2.26. The van der Waals surface area contributed by atoms with Gasteiger partial charge in [0.15, 0.2) is 0 Å². The van der Waals surface area contributed by atoms with E-state index in [9.17, 15) is 0 Å². The average molecular weight is 218 g/mol. The molecule has 0 amide bonds. The lowest BCUT2D eigenvalue weighted by atomic mass is 9.92. The molecule has 88 valence electrons. The van der Waals surface area contributed by atoms with Crippen LogP contribution in [0.2, 0.25) is 0 Å². The lowest BCUT2D eigenvalue weighted by Gasteiger charge is -2.39. The Balaban J connectivity index is 2.27. The van der Waals surface area contributed by atoms with Gasteiger partial charge in [0.1, 0.15) is 0 Å². The minimum absolute atomic E-state index is 0.586. The Labute approximate surface area is 98.7 Å². The Morgan fingerprint density at radius 1 is 1.38 bits per heavy atom. The monoisotopic (exact) mass is 218 g/mol. The van der Waals surface area contributed by atoms with Gasteiger partial charge in [0.05, 0.1) is 0 Å². The van der Waals surface area contributed by atoms with E-state index in [0.717, 1.165) is 0 Å². The molecule has 1 aromatic rings. The van der Waals surface area contributed by atoms with E-state index < -0.39 is 0 Å². The molecule has 0 saturated carbocycles. The van der Waals surface area contributed by atoms with Crippen LogP contribution in [0.5, 0.6) is 0 Å². The van der Waals surface area contributed by atoms with Gasteiger partial charge < -0.3 is 0 Å². The maximum absolute atomic E-state index is 4.29. The largest absolute Gasteiger partial charge is 0.294 e. The fraction of sp³-hybridized carbons (Fsp3) is 0.643. The van der Waals surface area contributed by atoms with E-state index in [1.165, 1.54) is 36.9 Å². The molecule has 0 spiro atoms. The molecule has 1 saturated heterocycles. The number of nitrogens with zero attached hydrogens (tertiary/aromatic N) is 2. The van der Waals surface area contributed by atoms with Gasteiger partial charge in [-0.05, 0) is 57.4 Å². The van der Waals surface area contributed by atoms with Gasteiger partial charge in [-0.3, -0.25) is 9.88 Å². The van der Waals surface area contributed by atoms with Crippen LogP contribution in [-0.4, -0.2) is 22.5 Å². The van der Waals surface area contributed by atoms with Gasteiger partial charge in [-0.1, -0.05) is 6.42 Å². The first-order valence-corrected chi connectivity index (χ1v) is 6.36. The minimum atomic E-state index is 0.586. The second-order valence-corrected chi connectivity index (χ2v) is 5.08. The summed E-state index contributed by atoms with van der Waals surface area (Å²) in [6.45, 7) is 8.02. The Morgan fingerprint density at radius 3 is 2.88 bits per heavy atom. The summed E-state index contributed by atoms with van der Waals surface area (Å²) < 4.78 is 0. The smallest absolute Gasteiger partial charge is 0.0368 e. The fourth-order valence-electron chi connectivity index (χ4n) is 2.73. The van der Waals surface area contributed by atoms with Crippen LogP contribution in [-0.2, 0) is 0 Å². The summed E-state index contributed by atoms with van der Waals surface area (Å²) in [6, 6.07) is 3.34. The normalized spacial score (nSPS) is 22.6. The zero-order chi connectivity index (χ0) is 11.5. The molecule has 1 aliphatic rings. The summed E-state index contributed by atoms with van der Waals surface area (Å²) in [7, 11) is 0. The quantitative estimate of drug-likeness (QED) is 0.757. The molecule has 2 heterocycles. The zero-order valence-electron chi connectivity index (χ0n) is 10.6. The molecule has 1 fully saturated rings. The number of piperidine rings is 1. The predicted octanol–water partition coefficient (Wildman–Crippen LogP) is 3.33. The molecule has 0 aliphatic carbocycles. The van der Waals surface area contributed by atoms with E-state index in [-0.39, 0.29) is 0 Å². The molecule has 0 bridgehead atoms. The maximum Gasteiger partial charge on any atom is 0.0368 e. The molecular weight excluding hydrogens is 196 g/mol. The van der Waals surface area contributed by atoms with Gasteiger partial charge in [0.25, 0.3) is 0 Å². The second kappa shape index (κ2) is 4.96.